The topological polar surface area (TPSA) is 102 Å². The van der Waals surface area contributed by atoms with Crippen LogP contribution in [0.1, 0.15) is 25.3 Å². The van der Waals surface area contributed by atoms with Gasteiger partial charge in [0.15, 0.2) is 0 Å². The lowest BCUT2D eigenvalue weighted by Crippen LogP contribution is -2.41. The molecule has 1 rings (SSSR count). The van der Waals surface area contributed by atoms with E-state index in [4.69, 9.17) is 14.6 Å². The summed E-state index contributed by atoms with van der Waals surface area (Å²) in [6.45, 7) is 1.92. The number of alkyl carbamates (subject to hydrolysis) is 1. The van der Waals surface area contributed by atoms with Gasteiger partial charge in [-0.2, -0.15) is 0 Å². The van der Waals surface area contributed by atoms with Crippen molar-refractivity contribution < 1.29 is 29.0 Å². The summed E-state index contributed by atoms with van der Waals surface area (Å²) in [5.74, 6) is -1.74. The quantitative estimate of drug-likeness (QED) is 0.709. The van der Waals surface area contributed by atoms with Gasteiger partial charge in [0.25, 0.3) is 0 Å². The number of carboxylic acid groups (broad SMARTS) is 1. The maximum Gasteiger partial charge on any atom is 0.408 e. The van der Waals surface area contributed by atoms with Gasteiger partial charge in [0.05, 0.1) is 6.61 Å². The van der Waals surface area contributed by atoms with Gasteiger partial charge in [-0.15, -0.1) is 0 Å². The van der Waals surface area contributed by atoms with E-state index in [1.54, 1.807) is 31.2 Å². The highest BCUT2D eigenvalue weighted by molar-refractivity contribution is 5.80. The van der Waals surface area contributed by atoms with Crippen LogP contribution in [0.4, 0.5) is 4.79 Å². The zero-order valence-corrected chi connectivity index (χ0v) is 12.3. The number of hydrogen-bond donors (Lipinski definition) is 2. The van der Waals surface area contributed by atoms with Crippen molar-refractivity contribution in [3.8, 4) is 0 Å². The largest absolute Gasteiger partial charge is 0.480 e. The van der Waals surface area contributed by atoms with Crippen LogP contribution in [-0.4, -0.2) is 35.8 Å². The maximum atomic E-state index is 11.6. The minimum Gasteiger partial charge on any atom is -0.480 e. The number of carboxylic acids is 1. The Labute approximate surface area is 128 Å². The molecule has 0 aliphatic heterocycles. The minimum absolute atomic E-state index is 0.0386. The number of benzene rings is 1. The molecular weight excluding hydrogens is 290 g/mol. The molecule has 7 heteroatoms. The fraction of sp³-hybridized carbons (Fsp3) is 0.400. The summed E-state index contributed by atoms with van der Waals surface area (Å²) >= 11 is 0. The summed E-state index contributed by atoms with van der Waals surface area (Å²) in [6.07, 6.45) is -1.00. The monoisotopic (exact) mass is 309 g/mol. The molecule has 1 atom stereocenters. The predicted molar refractivity (Wildman–Crippen MR) is 77.1 cm³/mol. The fourth-order valence-electron chi connectivity index (χ4n) is 1.66. The predicted octanol–water partition coefficient (Wildman–Crippen LogP) is 1.71. The van der Waals surface area contributed by atoms with Crippen LogP contribution in [0, 0.1) is 0 Å². The third-order valence-corrected chi connectivity index (χ3v) is 2.75. The van der Waals surface area contributed by atoms with E-state index in [0.29, 0.717) is 0 Å². The Morgan fingerprint density at radius 3 is 2.45 bits per heavy atom. The maximum absolute atomic E-state index is 11.6. The van der Waals surface area contributed by atoms with E-state index in [9.17, 15) is 14.4 Å². The molecule has 0 radical (unpaired) electrons. The zero-order chi connectivity index (χ0) is 16.4. The molecule has 0 heterocycles. The first-order valence-electron chi connectivity index (χ1n) is 6.88. The Balaban J connectivity index is 2.40. The van der Waals surface area contributed by atoms with Gasteiger partial charge in [0.2, 0.25) is 0 Å². The van der Waals surface area contributed by atoms with E-state index in [0.717, 1.165) is 5.56 Å². The molecule has 7 nitrogen and oxygen atoms in total. The molecule has 0 saturated heterocycles. The Kier molecular flexibility index (Phi) is 7.45. The first kappa shape index (κ1) is 17.5. The zero-order valence-electron chi connectivity index (χ0n) is 12.3. The van der Waals surface area contributed by atoms with Crippen molar-refractivity contribution in [3.05, 3.63) is 35.9 Å². The molecule has 120 valence electrons. The van der Waals surface area contributed by atoms with Crippen LogP contribution in [0.25, 0.3) is 0 Å². The van der Waals surface area contributed by atoms with E-state index in [1.165, 1.54) is 0 Å². The van der Waals surface area contributed by atoms with Crippen LogP contribution in [0.2, 0.25) is 0 Å². The molecule has 0 spiro atoms. The van der Waals surface area contributed by atoms with E-state index in [2.05, 4.69) is 5.32 Å². The van der Waals surface area contributed by atoms with E-state index in [-0.39, 0.29) is 26.1 Å². The number of nitrogens with one attached hydrogen (secondary N) is 1. The molecule has 0 aliphatic rings. The second-order valence-corrected chi connectivity index (χ2v) is 4.44. The number of hydrogen-bond acceptors (Lipinski definition) is 5. The Bertz CT molecular complexity index is 502. The average Bonchev–Trinajstić information content (AvgIpc) is 2.50. The summed E-state index contributed by atoms with van der Waals surface area (Å²) in [6, 6.07) is 7.80. The summed E-state index contributed by atoms with van der Waals surface area (Å²) in [5, 5.41) is 11.2. The summed E-state index contributed by atoms with van der Waals surface area (Å²) in [4.78, 5) is 33.9. The molecule has 1 amide bonds. The van der Waals surface area contributed by atoms with E-state index in [1.807, 2.05) is 6.07 Å². The minimum atomic E-state index is -1.24. The van der Waals surface area contributed by atoms with Crippen LogP contribution in [0.5, 0.6) is 0 Å². The molecule has 1 aromatic carbocycles. The first-order valence-corrected chi connectivity index (χ1v) is 6.88. The van der Waals surface area contributed by atoms with Gasteiger partial charge in [-0.1, -0.05) is 30.3 Å². The first-order chi connectivity index (χ1) is 10.5. The summed E-state index contributed by atoms with van der Waals surface area (Å²) < 4.78 is 9.64. The van der Waals surface area contributed by atoms with Crippen LogP contribution in [0.3, 0.4) is 0 Å². The number of amides is 1. The van der Waals surface area contributed by atoms with Gasteiger partial charge in [0, 0.05) is 6.42 Å². The van der Waals surface area contributed by atoms with Gasteiger partial charge in [0.1, 0.15) is 12.6 Å². The fourth-order valence-corrected chi connectivity index (χ4v) is 1.66. The molecule has 22 heavy (non-hydrogen) atoms. The van der Waals surface area contributed by atoms with Crippen molar-refractivity contribution in [1.29, 1.82) is 0 Å². The molecular formula is C15H19NO6. The molecule has 0 bridgehead atoms. The molecule has 0 fully saturated rings. The molecule has 1 aromatic rings. The van der Waals surface area contributed by atoms with E-state index < -0.39 is 24.1 Å². The van der Waals surface area contributed by atoms with Gasteiger partial charge in [-0.3, -0.25) is 4.79 Å². The van der Waals surface area contributed by atoms with Gasteiger partial charge in [-0.25, -0.2) is 9.59 Å². The number of ether oxygens (including phenoxy) is 2. The molecule has 0 aromatic heterocycles. The van der Waals surface area contributed by atoms with Gasteiger partial charge in [-0.05, 0) is 18.9 Å². The number of carbonyl (C=O) groups is 3. The molecule has 2 N–H and O–H groups in total. The van der Waals surface area contributed by atoms with Crippen LogP contribution in [-0.2, 0) is 25.7 Å². The second-order valence-electron chi connectivity index (χ2n) is 4.44. The summed E-state index contributed by atoms with van der Waals surface area (Å²) in [7, 11) is 0. The SMILES string of the molecule is CCOC(=O)CCC(NC(=O)OCc1ccccc1)C(=O)O. The highest BCUT2D eigenvalue weighted by Gasteiger charge is 2.22. The Morgan fingerprint density at radius 2 is 1.86 bits per heavy atom. The van der Waals surface area contributed by atoms with E-state index >= 15 is 0 Å². The van der Waals surface area contributed by atoms with Crippen molar-refractivity contribution in [2.75, 3.05) is 6.61 Å². The third kappa shape index (κ3) is 6.74. The molecule has 0 aliphatic carbocycles. The Morgan fingerprint density at radius 1 is 1.18 bits per heavy atom. The standard InChI is InChI=1S/C15H19NO6/c1-2-21-13(17)9-8-12(14(18)19)16-15(20)22-10-11-6-4-3-5-7-11/h3-7,12H,2,8-10H2,1H3,(H,16,20)(H,18,19). The molecule has 1 unspecified atom stereocenters. The highest BCUT2D eigenvalue weighted by Crippen LogP contribution is 2.03. The third-order valence-electron chi connectivity index (χ3n) is 2.75. The van der Waals surface area contributed by atoms with Crippen molar-refractivity contribution in [2.24, 2.45) is 0 Å². The van der Waals surface area contributed by atoms with Crippen LogP contribution in [0.15, 0.2) is 30.3 Å². The van der Waals surface area contributed by atoms with Crippen molar-refractivity contribution in [1.82, 2.24) is 5.32 Å². The second kappa shape index (κ2) is 9.38. The smallest absolute Gasteiger partial charge is 0.408 e. The lowest BCUT2D eigenvalue weighted by molar-refractivity contribution is -0.144. The average molecular weight is 309 g/mol. The highest BCUT2D eigenvalue weighted by atomic mass is 16.5. The van der Waals surface area contributed by atoms with Crippen molar-refractivity contribution in [3.63, 3.8) is 0 Å². The number of aliphatic carboxylic acids is 1. The number of esters is 1. The van der Waals surface area contributed by atoms with Gasteiger partial charge >= 0.3 is 18.0 Å². The molecule has 0 saturated carbocycles. The number of carbonyl (C=O) groups excluding carboxylic acids is 2. The van der Waals surface area contributed by atoms with Crippen molar-refractivity contribution >= 4 is 18.0 Å². The normalized spacial score (nSPS) is 11.3. The van der Waals surface area contributed by atoms with Crippen molar-refractivity contribution in [2.45, 2.75) is 32.4 Å². The van der Waals surface area contributed by atoms with Gasteiger partial charge < -0.3 is 19.9 Å². The van der Waals surface area contributed by atoms with Crippen LogP contribution >= 0.6 is 0 Å². The summed E-state index contributed by atoms with van der Waals surface area (Å²) in [5.41, 5.74) is 0.788. The lowest BCUT2D eigenvalue weighted by atomic mass is 10.1. The van der Waals surface area contributed by atoms with Crippen LogP contribution < -0.4 is 5.32 Å². The number of rotatable bonds is 8. The lowest BCUT2D eigenvalue weighted by Gasteiger charge is -2.14. The Hall–Kier alpha value is -2.57.